The van der Waals surface area contributed by atoms with E-state index in [2.05, 4.69) is 10.6 Å². The molecule has 1 atom stereocenters. The summed E-state index contributed by atoms with van der Waals surface area (Å²) in [5.74, 6) is 0.955. The van der Waals surface area contributed by atoms with E-state index in [4.69, 9.17) is 21.1 Å². The van der Waals surface area contributed by atoms with E-state index in [1.54, 1.807) is 23.5 Å². The molecule has 0 saturated heterocycles. The molecule has 0 aliphatic rings. The van der Waals surface area contributed by atoms with Crippen molar-refractivity contribution in [2.24, 2.45) is 0 Å². The molecular weight excluding hydrogens is 324 g/mol. The second-order valence-electron chi connectivity index (χ2n) is 4.52. The lowest BCUT2D eigenvalue weighted by Crippen LogP contribution is -2.30. The van der Waals surface area contributed by atoms with Crippen LogP contribution in [0, 0.1) is 0 Å². The van der Waals surface area contributed by atoms with E-state index < -0.39 is 0 Å². The predicted molar refractivity (Wildman–Crippen MR) is 89.4 cm³/mol. The Hall–Kier alpha value is -1.92. The molecule has 2 amide bonds. The number of ether oxygens (including phenoxy) is 2. The Morgan fingerprint density at radius 3 is 2.59 bits per heavy atom. The van der Waals surface area contributed by atoms with Crippen LogP contribution in [0.1, 0.15) is 17.8 Å². The SMILES string of the molecule is COc1cc(OC)c(NC(=O)N[C@@H](C)c2cccs2)cc1Cl. The summed E-state index contributed by atoms with van der Waals surface area (Å²) in [5.41, 5.74) is 0.476. The summed E-state index contributed by atoms with van der Waals surface area (Å²) in [5, 5.41) is 7.96. The van der Waals surface area contributed by atoms with Crippen LogP contribution in [0.5, 0.6) is 11.5 Å². The van der Waals surface area contributed by atoms with E-state index in [1.165, 1.54) is 14.2 Å². The highest BCUT2D eigenvalue weighted by Crippen LogP contribution is 2.35. The van der Waals surface area contributed by atoms with E-state index in [1.807, 2.05) is 24.4 Å². The number of urea groups is 1. The summed E-state index contributed by atoms with van der Waals surface area (Å²) >= 11 is 7.67. The fraction of sp³-hybridized carbons (Fsp3) is 0.267. The first-order valence-electron chi connectivity index (χ1n) is 6.57. The number of nitrogens with one attached hydrogen (secondary N) is 2. The van der Waals surface area contributed by atoms with Crippen LogP contribution in [-0.4, -0.2) is 20.3 Å². The molecule has 5 nitrogen and oxygen atoms in total. The molecule has 2 N–H and O–H groups in total. The van der Waals surface area contributed by atoms with Gasteiger partial charge in [-0.25, -0.2) is 4.79 Å². The first-order chi connectivity index (χ1) is 10.5. The molecule has 0 aliphatic heterocycles. The fourth-order valence-corrected chi connectivity index (χ4v) is 2.90. The fourth-order valence-electron chi connectivity index (χ4n) is 1.92. The van der Waals surface area contributed by atoms with Crippen LogP contribution in [0.3, 0.4) is 0 Å². The van der Waals surface area contributed by atoms with Crippen molar-refractivity contribution in [1.29, 1.82) is 0 Å². The van der Waals surface area contributed by atoms with E-state index in [0.29, 0.717) is 22.2 Å². The number of hydrogen-bond donors (Lipinski definition) is 2. The number of thiophene rings is 1. The summed E-state index contributed by atoms with van der Waals surface area (Å²) in [4.78, 5) is 13.2. The lowest BCUT2D eigenvalue weighted by atomic mass is 10.2. The van der Waals surface area contributed by atoms with Crippen molar-refractivity contribution in [3.8, 4) is 11.5 Å². The molecule has 2 rings (SSSR count). The van der Waals surface area contributed by atoms with Gasteiger partial charge in [-0.15, -0.1) is 11.3 Å². The van der Waals surface area contributed by atoms with E-state index in [-0.39, 0.29) is 12.1 Å². The summed E-state index contributed by atoms with van der Waals surface area (Å²) < 4.78 is 10.4. The number of benzene rings is 1. The van der Waals surface area contributed by atoms with E-state index >= 15 is 0 Å². The third-order valence-electron chi connectivity index (χ3n) is 3.04. The normalized spacial score (nSPS) is 11.6. The summed E-state index contributed by atoms with van der Waals surface area (Å²) in [6, 6.07) is 6.72. The molecule has 0 bridgehead atoms. The van der Waals surface area contributed by atoms with Crippen molar-refractivity contribution < 1.29 is 14.3 Å². The zero-order valence-corrected chi connectivity index (χ0v) is 14.0. The number of amides is 2. The second kappa shape index (κ2) is 7.38. The maximum absolute atomic E-state index is 12.1. The molecular formula is C15H17ClN2O3S. The predicted octanol–water partition coefficient (Wildman–Crippen LogP) is 4.30. The number of hydrogen-bond acceptors (Lipinski definition) is 4. The summed E-state index contributed by atoms with van der Waals surface area (Å²) in [6.07, 6.45) is 0. The molecule has 0 unspecified atom stereocenters. The van der Waals surface area contributed by atoms with Gasteiger partial charge in [-0.1, -0.05) is 17.7 Å². The first-order valence-corrected chi connectivity index (χ1v) is 7.83. The third-order valence-corrected chi connectivity index (χ3v) is 4.39. The Morgan fingerprint density at radius 2 is 2.00 bits per heavy atom. The Kier molecular flexibility index (Phi) is 5.51. The molecule has 118 valence electrons. The van der Waals surface area contributed by atoms with Gasteiger partial charge < -0.3 is 20.1 Å². The van der Waals surface area contributed by atoms with Gasteiger partial charge in [0.1, 0.15) is 11.5 Å². The lowest BCUT2D eigenvalue weighted by molar-refractivity contribution is 0.249. The van der Waals surface area contributed by atoms with Crippen LogP contribution < -0.4 is 20.1 Å². The minimum atomic E-state index is -0.333. The van der Waals surface area contributed by atoms with Gasteiger partial charge in [0, 0.05) is 10.9 Å². The minimum absolute atomic E-state index is 0.0836. The summed E-state index contributed by atoms with van der Waals surface area (Å²) in [6.45, 7) is 1.92. The molecule has 1 aromatic carbocycles. The number of anilines is 1. The Labute approximate surface area is 138 Å². The monoisotopic (exact) mass is 340 g/mol. The van der Waals surface area contributed by atoms with Crippen molar-refractivity contribution in [3.63, 3.8) is 0 Å². The zero-order chi connectivity index (χ0) is 16.1. The molecule has 1 aromatic heterocycles. The molecule has 0 radical (unpaired) electrons. The molecule has 0 fully saturated rings. The number of halogens is 1. The van der Waals surface area contributed by atoms with Crippen LogP contribution >= 0.6 is 22.9 Å². The number of methoxy groups -OCH3 is 2. The largest absolute Gasteiger partial charge is 0.495 e. The second-order valence-corrected chi connectivity index (χ2v) is 5.91. The van der Waals surface area contributed by atoms with Crippen LogP contribution in [-0.2, 0) is 0 Å². The van der Waals surface area contributed by atoms with Crippen molar-refractivity contribution >= 4 is 34.7 Å². The highest BCUT2D eigenvalue weighted by atomic mass is 35.5. The van der Waals surface area contributed by atoms with Crippen molar-refractivity contribution in [2.75, 3.05) is 19.5 Å². The van der Waals surface area contributed by atoms with Crippen molar-refractivity contribution in [3.05, 3.63) is 39.5 Å². The standard InChI is InChI=1S/C15H17ClN2O3S/c1-9(14-5-4-6-22-14)17-15(19)18-11-7-10(16)12(20-2)8-13(11)21-3/h4-9H,1-3H3,(H2,17,18,19)/t9-/m0/s1. The van der Waals surface area contributed by atoms with Crippen molar-refractivity contribution in [1.82, 2.24) is 5.32 Å². The number of carbonyl (C=O) groups excluding carboxylic acids is 1. The number of rotatable bonds is 5. The Morgan fingerprint density at radius 1 is 1.27 bits per heavy atom. The van der Waals surface area contributed by atoms with Crippen LogP contribution in [0.2, 0.25) is 5.02 Å². The zero-order valence-electron chi connectivity index (χ0n) is 12.5. The molecule has 7 heteroatoms. The van der Waals surface area contributed by atoms with Gasteiger partial charge in [0.05, 0.1) is 31.0 Å². The quantitative estimate of drug-likeness (QED) is 0.853. The highest BCUT2D eigenvalue weighted by Gasteiger charge is 2.14. The maximum Gasteiger partial charge on any atom is 0.319 e. The van der Waals surface area contributed by atoms with Gasteiger partial charge in [0.25, 0.3) is 0 Å². The van der Waals surface area contributed by atoms with Gasteiger partial charge in [0.2, 0.25) is 0 Å². The smallest absolute Gasteiger partial charge is 0.319 e. The average molecular weight is 341 g/mol. The van der Waals surface area contributed by atoms with E-state index in [0.717, 1.165) is 4.88 Å². The molecule has 0 spiro atoms. The van der Waals surface area contributed by atoms with Gasteiger partial charge in [-0.05, 0) is 24.4 Å². The molecule has 1 heterocycles. The van der Waals surface area contributed by atoms with Crippen LogP contribution in [0.15, 0.2) is 29.6 Å². The molecule has 0 saturated carbocycles. The van der Waals surface area contributed by atoms with Gasteiger partial charge in [-0.2, -0.15) is 0 Å². The molecule has 2 aromatic rings. The number of carbonyl (C=O) groups is 1. The minimum Gasteiger partial charge on any atom is -0.495 e. The highest BCUT2D eigenvalue weighted by molar-refractivity contribution is 7.10. The average Bonchev–Trinajstić information content (AvgIpc) is 3.01. The van der Waals surface area contributed by atoms with Crippen LogP contribution in [0.4, 0.5) is 10.5 Å². The first kappa shape index (κ1) is 16.5. The third kappa shape index (κ3) is 3.84. The van der Waals surface area contributed by atoms with Gasteiger partial charge in [-0.3, -0.25) is 0 Å². The van der Waals surface area contributed by atoms with Crippen molar-refractivity contribution in [2.45, 2.75) is 13.0 Å². The topological polar surface area (TPSA) is 59.6 Å². The summed E-state index contributed by atoms with van der Waals surface area (Å²) in [7, 11) is 3.03. The maximum atomic E-state index is 12.1. The van der Waals surface area contributed by atoms with Gasteiger partial charge >= 0.3 is 6.03 Å². The lowest BCUT2D eigenvalue weighted by Gasteiger charge is -2.16. The van der Waals surface area contributed by atoms with Gasteiger partial charge in [0.15, 0.2) is 0 Å². The molecule has 22 heavy (non-hydrogen) atoms. The Bertz CT molecular complexity index is 646. The van der Waals surface area contributed by atoms with Crippen LogP contribution in [0.25, 0.3) is 0 Å². The molecule has 0 aliphatic carbocycles. The van der Waals surface area contributed by atoms with E-state index in [9.17, 15) is 4.79 Å². The Balaban J connectivity index is 2.09.